The molecule has 4 aromatic rings. The standard InChI is InChI=1S/C28H28Cl2N4O3S/c1-20-7-10-23(11-8-20)38(36,37)34(18-21-5-2-3-6-25(21)30)19-28(35)33-15-4-14-31-26-13-16-32-27-17-22(29)9-12-24(26)27/h2-3,5-13,16-17H,4,14-15,18-19H2,1H3,(H,31,32)(H,33,35). The van der Waals surface area contributed by atoms with Crippen molar-refractivity contribution in [3.63, 3.8) is 0 Å². The minimum absolute atomic E-state index is 0.0238. The fourth-order valence-electron chi connectivity index (χ4n) is 3.93. The van der Waals surface area contributed by atoms with Gasteiger partial charge in [0.15, 0.2) is 0 Å². The minimum atomic E-state index is -3.94. The van der Waals surface area contributed by atoms with Gasteiger partial charge in [-0.05, 0) is 61.4 Å². The van der Waals surface area contributed by atoms with Crippen LogP contribution in [0.3, 0.4) is 0 Å². The van der Waals surface area contributed by atoms with Crippen molar-refractivity contribution in [2.24, 2.45) is 0 Å². The lowest BCUT2D eigenvalue weighted by Crippen LogP contribution is -2.40. The number of hydrogen-bond donors (Lipinski definition) is 2. The molecule has 10 heteroatoms. The highest BCUT2D eigenvalue weighted by molar-refractivity contribution is 7.89. The van der Waals surface area contributed by atoms with Gasteiger partial charge in [0.2, 0.25) is 15.9 Å². The monoisotopic (exact) mass is 570 g/mol. The quantitative estimate of drug-likeness (QED) is 0.227. The van der Waals surface area contributed by atoms with Gasteiger partial charge in [0.1, 0.15) is 0 Å². The van der Waals surface area contributed by atoms with Crippen LogP contribution in [-0.4, -0.2) is 43.2 Å². The molecule has 0 aliphatic carbocycles. The van der Waals surface area contributed by atoms with Crippen LogP contribution in [0.25, 0.3) is 10.9 Å². The Balaban J connectivity index is 1.37. The van der Waals surface area contributed by atoms with E-state index in [-0.39, 0.29) is 18.0 Å². The number of pyridine rings is 1. The first-order valence-electron chi connectivity index (χ1n) is 12.1. The van der Waals surface area contributed by atoms with Crippen LogP contribution in [0.5, 0.6) is 0 Å². The zero-order valence-corrected chi connectivity index (χ0v) is 23.2. The third-order valence-corrected chi connectivity index (χ3v) is 8.39. The Kier molecular flexibility index (Phi) is 9.22. The summed E-state index contributed by atoms with van der Waals surface area (Å²) in [5.74, 6) is -0.392. The maximum Gasteiger partial charge on any atom is 0.243 e. The Hall–Kier alpha value is -3.17. The van der Waals surface area contributed by atoms with E-state index in [4.69, 9.17) is 23.2 Å². The molecule has 7 nitrogen and oxygen atoms in total. The summed E-state index contributed by atoms with van der Waals surface area (Å²) < 4.78 is 28.0. The predicted octanol–water partition coefficient (Wildman–Crippen LogP) is 5.66. The summed E-state index contributed by atoms with van der Waals surface area (Å²) >= 11 is 12.4. The van der Waals surface area contributed by atoms with E-state index in [0.717, 1.165) is 26.5 Å². The molecule has 3 aromatic carbocycles. The van der Waals surface area contributed by atoms with Crippen LogP contribution in [-0.2, 0) is 21.4 Å². The number of aryl methyl sites for hydroxylation is 1. The number of nitrogens with zero attached hydrogens (tertiary/aromatic N) is 2. The summed E-state index contributed by atoms with van der Waals surface area (Å²) in [5.41, 5.74) is 3.28. The van der Waals surface area contributed by atoms with Crippen molar-refractivity contribution < 1.29 is 13.2 Å². The molecule has 0 bridgehead atoms. The van der Waals surface area contributed by atoms with Crippen LogP contribution in [0.1, 0.15) is 17.5 Å². The molecule has 4 rings (SSSR count). The van der Waals surface area contributed by atoms with Crippen molar-refractivity contribution in [1.82, 2.24) is 14.6 Å². The van der Waals surface area contributed by atoms with E-state index in [9.17, 15) is 13.2 Å². The molecule has 0 saturated carbocycles. The van der Waals surface area contributed by atoms with Gasteiger partial charge in [-0.15, -0.1) is 0 Å². The van der Waals surface area contributed by atoms with Gasteiger partial charge in [0.05, 0.1) is 17.0 Å². The highest BCUT2D eigenvalue weighted by Gasteiger charge is 2.27. The van der Waals surface area contributed by atoms with Crippen LogP contribution in [0.15, 0.2) is 83.9 Å². The van der Waals surface area contributed by atoms with Crippen molar-refractivity contribution in [2.45, 2.75) is 24.8 Å². The smallest absolute Gasteiger partial charge is 0.243 e. The molecule has 38 heavy (non-hydrogen) atoms. The van der Waals surface area contributed by atoms with Gasteiger partial charge < -0.3 is 10.6 Å². The van der Waals surface area contributed by atoms with E-state index in [1.54, 1.807) is 60.8 Å². The second-order valence-electron chi connectivity index (χ2n) is 8.83. The number of halogens is 2. The van der Waals surface area contributed by atoms with Gasteiger partial charge in [-0.25, -0.2) is 8.42 Å². The molecule has 0 aliphatic rings. The number of nitrogens with one attached hydrogen (secondary N) is 2. The zero-order valence-electron chi connectivity index (χ0n) is 20.8. The normalized spacial score (nSPS) is 11.6. The molecule has 0 fully saturated rings. The van der Waals surface area contributed by atoms with Crippen molar-refractivity contribution >= 4 is 55.7 Å². The molecule has 0 unspecified atom stereocenters. The predicted molar refractivity (Wildman–Crippen MR) is 153 cm³/mol. The maximum absolute atomic E-state index is 13.4. The van der Waals surface area contributed by atoms with Crippen LogP contribution >= 0.6 is 23.2 Å². The topological polar surface area (TPSA) is 91.4 Å². The molecule has 2 N–H and O–H groups in total. The minimum Gasteiger partial charge on any atom is -0.384 e. The average molecular weight is 572 g/mol. The van der Waals surface area contributed by atoms with Crippen LogP contribution < -0.4 is 10.6 Å². The number of hydrogen-bond acceptors (Lipinski definition) is 5. The molecule has 1 aromatic heterocycles. The number of benzene rings is 3. The third-order valence-electron chi connectivity index (χ3n) is 5.98. The number of carbonyl (C=O) groups excluding carboxylic acids is 1. The lowest BCUT2D eigenvalue weighted by atomic mass is 10.2. The van der Waals surface area contributed by atoms with Gasteiger partial charge in [-0.1, -0.05) is 59.1 Å². The van der Waals surface area contributed by atoms with Crippen molar-refractivity contribution in [2.75, 3.05) is 25.0 Å². The van der Waals surface area contributed by atoms with Gasteiger partial charge in [0.25, 0.3) is 0 Å². The fraction of sp³-hybridized carbons (Fsp3) is 0.214. The summed E-state index contributed by atoms with van der Waals surface area (Å²) in [5, 5.41) is 8.20. The highest BCUT2D eigenvalue weighted by atomic mass is 35.5. The van der Waals surface area contributed by atoms with E-state index >= 15 is 0 Å². The van der Waals surface area contributed by atoms with Crippen molar-refractivity contribution in [3.05, 3.63) is 100 Å². The molecule has 0 saturated heterocycles. The number of anilines is 1. The molecular weight excluding hydrogens is 543 g/mol. The summed E-state index contributed by atoms with van der Waals surface area (Å²) in [6, 6.07) is 21.0. The molecular formula is C28H28Cl2N4O3S. The van der Waals surface area contributed by atoms with Gasteiger partial charge in [0, 0.05) is 46.9 Å². The number of sulfonamides is 1. The van der Waals surface area contributed by atoms with E-state index in [1.165, 1.54) is 0 Å². The maximum atomic E-state index is 13.4. The van der Waals surface area contributed by atoms with Gasteiger partial charge in [-0.3, -0.25) is 9.78 Å². The summed E-state index contributed by atoms with van der Waals surface area (Å²) in [7, 11) is -3.94. The zero-order chi connectivity index (χ0) is 27.1. The number of amides is 1. The molecule has 1 amide bonds. The van der Waals surface area contributed by atoms with E-state index < -0.39 is 15.9 Å². The number of fused-ring (bicyclic) bond motifs is 1. The number of aromatic nitrogens is 1. The van der Waals surface area contributed by atoms with Gasteiger partial charge >= 0.3 is 0 Å². The van der Waals surface area contributed by atoms with E-state index in [1.807, 2.05) is 25.1 Å². The SMILES string of the molecule is Cc1ccc(S(=O)(=O)N(CC(=O)NCCCNc2ccnc3cc(Cl)ccc23)Cc2ccccc2Cl)cc1. The molecule has 0 aliphatic heterocycles. The Bertz CT molecular complexity index is 1530. The average Bonchev–Trinajstić information content (AvgIpc) is 2.89. The van der Waals surface area contributed by atoms with E-state index in [0.29, 0.717) is 35.1 Å². The lowest BCUT2D eigenvalue weighted by molar-refractivity contribution is -0.121. The first-order valence-corrected chi connectivity index (χ1v) is 14.3. The Morgan fingerprint density at radius 1 is 0.974 bits per heavy atom. The second kappa shape index (κ2) is 12.6. The molecule has 198 valence electrons. The molecule has 0 atom stereocenters. The lowest BCUT2D eigenvalue weighted by Gasteiger charge is -2.22. The number of carbonyl (C=O) groups is 1. The summed E-state index contributed by atoms with van der Waals surface area (Å²) in [6.45, 7) is 2.51. The van der Waals surface area contributed by atoms with Crippen molar-refractivity contribution in [1.29, 1.82) is 0 Å². The van der Waals surface area contributed by atoms with Crippen LogP contribution in [0.2, 0.25) is 10.0 Å². The third kappa shape index (κ3) is 7.02. The summed E-state index contributed by atoms with van der Waals surface area (Å²) in [6.07, 6.45) is 2.35. The van der Waals surface area contributed by atoms with E-state index in [2.05, 4.69) is 15.6 Å². The van der Waals surface area contributed by atoms with Gasteiger partial charge in [-0.2, -0.15) is 4.31 Å². The fourth-order valence-corrected chi connectivity index (χ4v) is 5.67. The Morgan fingerprint density at radius 2 is 1.74 bits per heavy atom. The van der Waals surface area contributed by atoms with Crippen molar-refractivity contribution in [3.8, 4) is 0 Å². The Morgan fingerprint density at radius 3 is 2.50 bits per heavy atom. The first-order chi connectivity index (χ1) is 18.2. The highest BCUT2D eigenvalue weighted by Crippen LogP contribution is 2.25. The molecule has 0 spiro atoms. The molecule has 0 radical (unpaired) electrons. The molecule has 1 heterocycles. The number of rotatable bonds is 11. The second-order valence-corrected chi connectivity index (χ2v) is 11.6. The Labute approximate surface area is 232 Å². The van der Waals surface area contributed by atoms with Crippen LogP contribution in [0.4, 0.5) is 5.69 Å². The largest absolute Gasteiger partial charge is 0.384 e. The summed E-state index contributed by atoms with van der Waals surface area (Å²) in [4.78, 5) is 17.3. The van der Waals surface area contributed by atoms with Crippen LogP contribution in [0, 0.1) is 6.92 Å². The first kappa shape index (κ1) is 27.9.